The highest BCUT2D eigenvalue weighted by molar-refractivity contribution is 6.17. The van der Waals surface area contributed by atoms with Gasteiger partial charge >= 0.3 is 0 Å². The van der Waals surface area contributed by atoms with Gasteiger partial charge in [-0.05, 0) is 64.4 Å². The van der Waals surface area contributed by atoms with E-state index in [4.69, 9.17) is 4.42 Å². The largest absolute Gasteiger partial charge is 0.456 e. The molecule has 6 aromatic carbocycles. The number of hydrogen-bond donors (Lipinski definition) is 0. The lowest BCUT2D eigenvalue weighted by Gasteiger charge is -2.10. The second-order valence-electron chi connectivity index (χ2n) is 9.43. The second-order valence-corrected chi connectivity index (χ2v) is 9.43. The van der Waals surface area contributed by atoms with Crippen LogP contribution in [0.1, 0.15) is 0 Å². The zero-order valence-electron chi connectivity index (χ0n) is 19.5. The van der Waals surface area contributed by atoms with Crippen molar-refractivity contribution in [2.45, 2.75) is 0 Å². The fourth-order valence-corrected chi connectivity index (χ4v) is 5.65. The highest BCUT2D eigenvalue weighted by atomic mass is 16.3. The minimum absolute atomic E-state index is 0.926. The number of hydrogen-bond acceptors (Lipinski definition) is 1. The van der Waals surface area contributed by atoms with Crippen LogP contribution >= 0.6 is 0 Å². The van der Waals surface area contributed by atoms with Gasteiger partial charge in [0.25, 0.3) is 0 Å². The van der Waals surface area contributed by atoms with Gasteiger partial charge in [0.1, 0.15) is 11.2 Å². The summed E-state index contributed by atoms with van der Waals surface area (Å²) in [5.74, 6) is 0. The number of fused-ring (bicyclic) bond motifs is 7. The fraction of sp³-hybridized carbons (Fsp3) is 0. The fourth-order valence-electron chi connectivity index (χ4n) is 5.65. The van der Waals surface area contributed by atoms with Gasteiger partial charge in [-0.3, -0.25) is 0 Å². The molecule has 0 saturated carbocycles. The molecule has 0 atom stereocenters. The molecule has 0 fully saturated rings. The van der Waals surface area contributed by atoms with Crippen LogP contribution in [0.15, 0.2) is 132 Å². The van der Waals surface area contributed by atoms with Gasteiger partial charge in [-0.15, -0.1) is 0 Å². The third kappa shape index (κ3) is 2.79. The zero-order valence-corrected chi connectivity index (χ0v) is 19.5. The predicted molar refractivity (Wildman–Crippen MR) is 151 cm³/mol. The third-order valence-electron chi connectivity index (χ3n) is 7.36. The van der Waals surface area contributed by atoms with Gasteiger partial charge in [-0.2, -0.15) is 0 Å². The van der Waals surface area contributed by atoms with Crippen LogP contribution in [0.3, 0.4) is 0 Å². The minimum atomic E-state index is 0.926. The molecule has 0 radical (unpaired) electrons. The Kier molecular flexibility index (Phi) is 3.97. The molecule has 0 spiro atoms. The number of rotatable bonds is 2. The lowest BCUT2D eigenvalue weighted by atomic mass is 10.0. The average molecular weight is 460 g/mol. The Labute approximate surface area is 207 Å². The van der Waals surface area contributed by atoms with E-state index >= 15 is 0 Å². The van der Waals surface area contributed by atoms with Crippen molar-refractivity contribution in [1.82, 2.24) is 4.57 Å². The molecule has 8 rings (SSSR count). The van der Waals surface area contributed by atoms with Crippen molar-refractivity contribution in [2.75, 3.05) is 0 Å². The number of para-hydroxylation sites is 2. The summed E-state index contributed by atoms with van der Waals surface area (Å²) in [6.07, 6.45) is 0. The molecule has 0 N–H and O–H groups in total. The summed E-state index contributed by atoms with van der Waals surface area (Å²) < 4.78 is 8.62. The predicted octanol–water partition coefficient (Wildman–Crippen LogP) is 9.50. The van der Waals surface area contributed by atoms with E-state index in [9.17, 15) is 0 Å². The molecule has 0 aliphatic carbocycles. The van der Waals surface area contributed by atoms with Crippen LogP contribution in [0, 0.1) is 0 Å². The Hall–Kier alpha value is -4.82. The van der Waals surface area contributed by atoms with Gasteiger partial charge in [0.2, 0.25) is 0 Å². The monoisotopic (exact) mass is 459 g/mol. The average Bonchev–Trinajstić information content (AvgIpc) is 3.46. The van der Waals surface area contributed by atoms with Crippen molar-refractivity contribution >= 4 is 54.5 Å². The summed E-state index contributed by atoms with van der Waals surface area (Å²) in [5.41, 5.74) is 7.86. The van der Waals surface area contributed by atoms with Crippen LogP contribution in [-0.4, -0.2) is 4.57 Å². The van der Waals surface area contributed by atoms with Crippen LogP contribution in [-0.2, 0) is 0 Å². The second kappa shape index (κ2) is 7.34. The number of benzene rings is 6. The SMILES string of the molecule is c1ccc(-c2ccc3ccc(-n4c5ccccc5c5cc6oc7ccccc7c6cc54)cc3c2)cc1. The standard InChI is InChI=1S/C34H21NO/c1-2-8-22(9-3-1)24-15-14-23-16-17-26(19-25(23)18-24)35-31-12-6-4-10-27(31)29-21-34-30(20-32(29)35)28-11-5-7-13-33(28)36-34/h1-21H. The highest BCUT2D eigenvalue weighted by Gasteiger charge is 2.16. The quantitative estimate of drug-likeness (QED) is 0.252. The maximum Gasteiger partial charge on any atom is 0.136 e. The van der Waals surface area contributed by atoms with Gasteiger partial charge in [-0.1, -0.05) is 84.9 Å². The molecular weight excluding hydrogens is 438 g/mol. The molecule has 0 amide bonds. The molecule has 0 saturated heterocycles. The van der Waals surface area contributed by atoms with Crippen molar-refractivity contribution < 1.29 is 4.42 Å². The molecular formula is C34H21NO. The molecule has 0 aliphatic heterocycles. The first-order chi connectivity index (χ1) is 17.8. The van der Waals surface area contributed by atoms with Crippen molar-refractivity contribution in [3.63, 3.8) is 0 Å². The van der Waals surface area contributed by atoms with Crippen LogP contribution in [0.2, 0.25) is 0 Å². The Morgan fingerprint density at radius 1 is 0.417 bits per heavy atom. The third-order valence-corrected chi connectivity index (χ3v) is 7.36. The molecule has 2 heteroatoms. The van der Waals surface area contributed by atoms with E-state index in [1.165, 1.54) is 43.7 Å². The molecule has 0 aliphatic rings. The van der Waals surface area contributed by atoms with Crippen molar-refractivity contribution in [3.8, 4) is 16.8 Å². The van der Waals surface area contributed by atoms with Crippen molar-refractivity contribution in [2.24, 2.45) is 0 Å². The smallest absolute Gasteiger partial charge is 0.136 e. The zero-order chi connectivity index (χ0) is 23.6. The lowest BCUT2D eigenvalue weighted by molar-refractivity contribution is 0.669. The molecule has 0 unspecified atom stereocenters. The van der Waals surface area contributed by atoms with Gasteiger partial charge in [-0.25, -0.2) is 0 Å². The first-order valence-corrected chi connectivity index (χ1v) is 12.3. The molecule has 2 nitrogen and oxygen atoms in total. The van der Waals surface area contributed by atoms with Gasteiger partial charge < -0.3 is 8.98 Å². The summed E-state index contributed by atoms with van der Waals surface area (Å²) in [6.45, 7) is 0. The van der Waals surface area contributed by atoms with E-state index in [1.807, 2.05) is 12.1 Å². The summed E-state index contributed by atoms with van der Waals surface area (Å²) >= 11 is 0. The molecule has 2 aromatic heterocycles. The summed E-state index contributed by atoms with van der Waals surface area (Å²) in [6, 6.07) is 45.5. The molecule has 36 heavy (non-hydrogen) atoms. The van der Waals surface area contributed by atoms with Crippen molar-refractivity contribution in [3.05, 3.63) is 127 Å². The van der Waals surface area contributed by atoms with Crippen LogP contribution in [0.25, 0.3) is 71.3 Å². The normalized spacial score (nSPS) is 11.9. The van der Waals surface area contributed by atoms with Gasteiger partial charge in [0, 0.05) is 27.2 Å². The lowest BCUT2D eigenvalue weighted by Crippen LogP contribution is -1.94. The van der Waals surface area contributed by atoms with Crippen LogP contribution < -0.4 is 0 Å². The Morgan fingerprint density at radius 3 is 2.11 bits per heavy atom. The van der Waals surface area contributed by atoms with E-state index < -0.39 is 0 Å². The summed E-state index contributed by atoms with van der Waals surface area (Å²) in [4.78, 5) is 0. The first-order valence-electron chi connectivity index (χ1n) is 12.3. The minimum Gasteiger partial charge on any atom is -0.456 e. The van der Waals surface area contributed by atoms with E-state index in [-0.39, 0.29) is 0 Å². The van der Waals surface area contributed by atoms with Gasteiger partial charge in [0.05, 0.1) is 11.0 Å². The number of furan rings is 1. The van der Waals surface area contributed by atoms with E-state index in [0.29, 0.717) is 0 Å². The molecule has 0 bridgehead atoms. The van der Waals surface area contributed by atoms with Crippen LogP contribution in [0.4, 0.5) is 0 Å². The van der Waals surface area contributed by atoms with E-state index in [1.54, 1.807) is 0 Å². The van der Waals surface area contributed by atoms with Gasteiger partial charge in [0.15, 0.2) is 0 Å². The van der Waals surface area contributed by atoms with Crippen molar-refractivity contribution in [1.29, 1.82) is 0 Å². The maximum atomic E-state index is 6.23. The Balaban J connectivity index is 1.43. The van der Waals surface area contributed by atoms with Crippen LogP contribution in [0.5, 0.6) is 0 Å². The molecule has 168 valence electrons. The Morgan fingerprint density at radius 2 is 1.19 bits per heavy atom. The number of nitrogens with zero attached hydrogens (tertiary/aromatic N) is 1. The summed E-state index contributed by atoms with van der Waals surface area (Å²) in [5, 5.41) is 7.20. The first kappa shape index (κ1) is 19.5. The Bertz CT molecular complexity index is 2090. The topological polar surface area (TPSA) is 18.1 Å². The summed E-state index contributed by atoms with van der Waals surface area (Å²) in [7, 11) is 0. The maximum absolute atomic E-state index is 6.23. The van der Waals surface area contributed by atoms with E-state index in [2.05, 4.69) is 120 Å². The number of aromatic nitrogens is 1. The van der Waals surface area contributed by atoms with E-state index in [0.717, 1.165) is 27.6 Å². The highest BCUT2D eigenvalue weighted by Crippen LogP contribution is 2.38. The molecule has 8 aromatic rings. The molecule has 2 heterocycles.